The molecule has 0 N–H and O–H groups in total. The molecule has 2 aromatic carbocycles. The summed E-state index contributed by atoms with van der Waals surface area (Å²) in [5.41, 5.74) is 5.78. The van der Waals surface area contributed by atoms with Crippen LogP contribution in [0.2, 0.25) is 23.7 Å². The molecule has 10 atom stereocenters. The molecule has 2 fully saturated rings. The second-order valence-electron chi connectivity index (χ2n) is 16.7. The molecule has 2 aromatic rings. The molecule has 0 bridgehead atoms. The smallest absolute Gasteiger partial charge is 0.0598 e. The molecule has 3 heteroatoms. The van der Waals surface area contributed by atoms with Crippen LogP contribution in [0.1, 0.15) is 57.9 Å². The molecule has 2 saturated carbocycles. The summed E-state index contributed by atoms with van der Waals surface area (Å²) in [6.45, 7) is 10.3. The first-order valence-corrected chi connectivity index (χ1v) is 21.9. The van der Waals surface area contributed by atoms with Gasteiger partial charge in [0.25, 0.3) is 0 Å². The fourth-order valence-corrected chi connectivity index (χ4v) is 18.4. The molecule has 1 aliphatic heterocycles. The van der Waals surface area contributed by atoms with E-state index in [4.69, 9.17) is 4.74 Å². The summed E-state index contributed by atoms with van der Waals surface area (Å²) in [4.78, 5) is 2.76. The average molecular weight is 654 g/mol. The lowest BCUT2D eigenvalue weighted by Gasteiger charge is -2.48. The van der Waals surface area contributed by atoms with Crippen molar-refractivity contribution in [3.05, 3.63) is 133 Å². The summed E-state index contributed by atoms with van der Waals surface area (Å²) in [6, 6.07) is 22.7. The van der Waals surface area contributed by atoms with Gasteiger partial charge in [-0.1, -0.05) is 141 Å². The van der Waals surface area contributed by atoms with Crippen LogP contribution in [0.15, 0.2) is 128 Å². The molecular weight excluding hydrogens is 599 g/mol. The molecular formula is C45H55NOSi. The van der Waals surface area contributed by atoms with Gasteiger partial charge in [0.2, 0.25) is 0 Å². The Kier molecular flexibility index (Phi) is 8.66. The highest BCUT2D eigenvalue weighted by molar-refractivity contribution is 6.82. The van der Waals surface area contributed by atoms with Crippen LogP contribution in [0.25, 0.3) is 0 Å². The third-order valence-corrected chi connectivity index (χ3v) is 19.1. The zero-order valence-electron chi connectivity index (χ0n) is 29.5. The van der Waals surface area contributed by atoms with Crippen LogP contribution in [-0.2, 0) is 4.74 Å². The molecule has 8 rings (SSSR count). The van der Waals surface area contributed by atoms with Gasteiger partial charge in [-0.2, -0.15) is 0 Å². The molecule has 0 aromatic heterocycles. The van der Waals surface area contributed by atoms with E-state index in [1.165, 1.54) is 43.1 Å². The Balaban J connectivity index is 1.20. The second kappa shape index (κ2) is 13.0. The van der Waals surface area contributed by atoms with E-state index < -0.39 is 8.07 Å². The molecule has 1 heterocycles. The van der Waals surface area contributed by atoms with E-state index in [0.717, 1.165) is 12.1 Å². The van der Waals surface area contributed by atoms with E-state index in [-0.39, 0.29) is 5.60 Å². The Labute approximate surface area is 291 Å². The van der Waals surface area contributed by atoms with Gasteiger partial charge in [-0.25, -0.2) is 0 Å². The highest BCUT2D eigenvalue weighted by Gasteiger charge is 2.66. The zero-order valence-corrected chi connectivity index (χ0v) is 30.5. The molecule has 0 spiro atoms. The fourth-order valence-electron chi connectivity index (χ4n) is 11.4. The van der Waals surface area contributed by atoms with E-state index in [0.29, 0.717) is 53.0 Å². The summed E-state index contributed by atoms with van der Waals surface area (Å²) >= 11 is 0. The van der Waals surface area contributed by atoms with Crippen molar-refractivity contribution in [1.82, 2.24) is 0 Å². The number of benzene rings is 2. The molecule has 250 valence electrons. The molecule has 0 radical (unpaired) electrons. The summed E-state index contributed by atoms with van der Waals surface area (Å²) < 4.78 is 6.11. The number of fused-ring (bicyclic) bond motifs is 8. The van der Waals surface area contributed by atoms with Crippen molar-refractivity contribution in [2.75, 3.05) is 11.5 Å². The maximum Gasteiger partial charge on any atom is 0.0598 e. The van der Waals surface area contributed by atoms with Gasteiger partial charge in [0, 0.05) is 35.9 Å². The third kappa shape index (κ3) is 5.50. The third-order valence-electron chi connectivity index (χ3n) is 13.1. The van der Waals surface area contributed by atoms with Crippen LogP contribution in [0.3, 0.4) is 0 Å². The summed E-state index contributed by atoms with van der Waals surface area (Å²) in [7, 11) is -2.00. The number of anilines is 2. The molecule has 48 heavy (non-hydrogen) atoms. The maximum atomic E-state index is 6.11. The number of rotatable bonds is 10. The van der Waals surface area contributed by atoms with Gasteiger partial charge < -0.3 is 9.64 Å². The highest BCUT2D eigenvalue weighted by Crippen LogP contribution is 2.70. The summed E-state index contributed by atoms with van der Waals surface area (Å²) in [5.74, 6) is 4.18. The molecule has 5 aliphatic carbocycles. The minimum atomic E-state index is -2.00. The Hall–Kier alpha value is -3.14. The molecule has 2 nitrogen and oxygen atoms in total. The van der Waals surface area contributed by atoms with Crippen molar-refractivity contribution in [2.45, 2.75) is 87.7 Å². The first-order chi connectivity index (χ1) is 23.4. The zero-order chi connectivity index (χ0) is 32.9. The predicted molar refractivity (Wildman–Crippen MR) is 205 cm³/mol. The van der Waals surface area contributed by atoms with Gasteiger partial charge in [0.15, 0.2) is 0 Å². The largest absolute Gasteiger partial charge is 0.376 e. The van der Waals surface area contributed by atoms with Gasteiger partial charge in [-0.3, -0.25) is 0 Å². The number of hydrogen-bond acceptors (Lipinski definition) is 2. The van der Waals surface area contributed by atoms with Crippen molar-refractivity contribution in [1.29, 1.82) is 0 Å². The number of allylic oxidation sites excluding steroid dienone is 11. The molecule has 10 unspecified atom stereocenters. The number of hydrogen-bond donors (Lipinski definition) is 0. The van der Waals surface area contributed by atoms with Gasteiger partial charge >= 0.3 is 0 Å². The van der Waals surface area contributed by atoms with E-state index in [1.807, 2.05) is 0 Å². The van der Waals surface area contributed by atoms with E-state index in [1.54, 1.807) is 5.56 Å². The molecule has 0 saturated heterocycles. The van der Waals surface area contributed by atoms with Crippen molar-refractivity contribution in [2.24, 2.45) is 35.5 Å². The summed E-state index contributed by atoms with van der Waals surface area (Å²) in [5, 5.41) is 0. The molecule has 0 amide bonds. The van der Waals surface area contributed by atoms with Crippen LogP contribution in [0, 0.1) is 35.5 Å². The first kappa shape index (κ1) is 32.1. The average Bonchev–Trinajstić information content (AvgIpc) is 3.74. The Bertz CT molecular complexity index is 1610. The second-order valence-corrected chi connectivity index (χ2v) is 21.6. The minimum absolute atomic E-state index is 0.0479. The quantitative estimate of drug-likeness (QED) is 0.187. The van der Waals surface area contributed by atoms with Gasteiger partial charge in [-0.15, -0.1) is 0 Å². The lowest BCUT2D eigenvalue weighted by Crippen LogP contribution is -2.48. The lowest BCUT2D eigenvalue weighted by molar-refractivity contribution is -0.00471. The summed E-state index contributed by atoms with van der Waals surface area (Å²) in [6.07, 6.45) is 35.0. The van der Waals surface area contributed by atoms with Gasteiger partial charge in [0.05, 0.1) is 13.7 Å². The van der Waals surface area contributed by atoms with Crippen LogP contribution >= 0.6 is 0 Å². The van der Waals surface area contributed by atoms with Crippen molar-refractivity contribution in [3.63, 3.8) is 0 Å². The van der Waals surface area contributed by atoms with Gasteiger partial charge in [-0.05, 0) is 91.6 Å². The van der Waals surface area contributed by atoms with Crippen molar-refractivity contribution >= 4 is 19.4 Å². The van der Waals surface area contributed by atoms with Crippen molar-refractivity contribution in [3.8, 4) is 0 Å². The Morgan fingerprint density at radius 3 is 1.79 bits per heavy atom. The number of ether oxygens (including phenoxy) is 1. The van der Waals surface area contributed by atoms with Crippen LogP contribution < -0.4 is 4.90 Å². The topological polar surface area (TPSA) is 12.5 Å². The highest BCUT2D eigenvalue weighted by atomic mass is 28.3. The predicted octanol–water partition coefficient (Wildman–Crippen LogP) is 11.6. The van der Waals surface area contributed by atoms with Crippen LogP contribution in [-0.4, -0.2) is 26.3 Å². The van der Waals surface area contributed by atoms with E-state index >= 15 is 0 Å². The number of para-hydroxylation sites is 2. The normalized spacial score (nSPS) is 34.9. The standard InChI is InChI=1S/C45H55NOSi/c1-45(2,3)47-30-18-5-6-19-31-48(4,43-36-25-13-10-22-33(36)34-23-11-14-26-37(34)43)44-38-27-15-12-24-35(38)42-41(44)39-28-16-17-29-40(39)46(42)32-20-8-7-9-21-32/h7-17,20-29,33-38,41-44H,5-6,18-19,30-31H2,1-4H3. The maximum absolute atomic E-state index is 6.11. The van der Waals surface area contributed by atoms with Crippen LogP contribution in [0.4, 0.5) is 11.4 Å². The number of nitrogens with zero attached hydrogens (tertiary/aromatic N) is 1. The monoisotopic (exact) mass is 653 g/mol. The van der Waals surface area contributed by atoms with Crippen molar-refractivity contribution < 1.29 is 4.74 Å². The lowest BCUT2D eigenvalue weighted by atomic mass is 9.83. The van der Waals surface area contributed by atoms with Gasteiger partial charge in [0.1, 0.15) is 0 Å². The minimum Gasteiger partial charge on any atom is -0.376 e. The van der Waals surface area contributed by atoms with Crippen LogP contribution in [0.5, 0.6) is 0 Å². The van der Waals surface area contributed by atoms with E-state index in [9.17, 15) is 0 Å². The fraction of sp³-hybridized carbons (Fsp3) is 0.467. The Morgan fingerprint density at radius 2 is 1.15 bits per heavy atom. The van der Waals surface area contributed by atoms with E-state index in [2.05, 4.69) is 160 Å². The first-order valence-electron chi connectivity index (χ1n) is 19.0. The SMILES string of the molecule is CC(C)(C)OCCCCCC[Si](C)(C1C2C=CC=CC2C2C=CC=CC21)C1C2C=CC=CC2C2C1c1ccccc1N2c1ccccc1. The molecule has 6 aliphatic rings. The Morgan fingerprint density at radius 1 is 0.604 bits per heavy atom. The number of unbranched alkanes of at least 4 members (excludes halogenated alkanes) is 3.